The van der Waals surface area contributed by atoms with Gasteiger partial charge < -0.3 is 14.8 Å². The van der Waals surface area contributed by atoms with Gasteiger partial charge >= 0.3 is 0 Å². The van der Waals surface area contributed by atoms with E-state index in [2.05, 4.69) is 5.32 Å². The summed E-state index contributed by atoms with van der Waals surface area (Å²) in [7, 11) is 0. The highest BCUT2D eigenvalue weighted by molar-refractivity contribution is 8.19. The molecule has 7 nitrogen and oxygen atoms in total. The van der Waals surface area contributed by atoms with Crippen molar-refractivity contribution in [2.45, 2.75) is 6.92 Å². The minimum absolute atomic E-state index is 0.227. The van der Waals surface area contributed by atoms with E-state index in [4.69, 9.17) is 49.3 Å². The average Bonchev–Trinajstić information content (AvgIpc) is 3.28. The van der Waals surface area contributed by atoms with Crippen LogP contribution in [0.15, 0.2) is 101 Å². The first-order valence-electron chi connectivity index (χ1n) is 13.1. The van der Waals surface area contributed by atoms with Gasteiger partial charge in [-0.1, -0.05) is 53.0 Å². The van der Waals surface area contributed by atoms with E-state index in [-0.39, 0.29) is 29.2 Å². The molecule has 0 atom stereocenters. The van der Waals surface area contributed by atoms with Crippen molar-refractivity contribution < 1.29 is 19.1 Å². The van der Waals surface area contributed by atoms with Crippen LogP contribution in [0.4, 0.5) is 17.1 Å². The first-order chi connectivity index (χ1) is 20.8. The van der Waals surface area contributed by atoms with Crippen LogP contribution < -0.4 is 19.7 Å². The molecule has 0 bridgehead atoms. The third-order valence-electron chi connectivity index (χ3n) is 5.98. The summed E-state index contributed by atoms with van der Waals surface area (Å²) in [6.07, 6.45) is 1.71. The van der Waals surface area contributed by atoms with E-state index >= 15 is 0 Å². The number of nitrogens with one attached hydrogen (secondary N) is 1. The van der Waals surface area contributed by atoms with E-state index in [0.717, 1.165) is 0 Å². The summed E-state index contributed by atoms with van der Waals surface area (Å²) in [4.78, 5) is 32.8. The number of thioether (sulfide) groups is 1. The molecule has 0 saturated carbocycles. The van der Waals surface area contributed by atoms with Gasteiger partial charge in [-0.15, -0.1) is 0 Å². The predicted molar refractivity (Wildman–Crippen MR) is 176 cm³/mol. The van der Waals surface area contributed by atoms with Gasteiger partial charge in [-0.25, -0.2) is 4.99 Å². The number of carbonyl (C=O) groups excluding carboxylic acids is 2. The lowest BCUT2D eigenvalue weighted by atomic mass is 10.1. The van der Waals surface area contributed by atoms with E-state index in [1.807, 2.05) is 25.1 Å². The van der Waals surface area contributed by atoms with Crippen molar-refractivity contribution in [3.8, 4) is 11.5 Å². The van der Waals surface area contributed by atoms with Gasteiger partial charge in [0, 0.05) is 15.7 Å². The van der Waals surface area contributed by atoms with Gasteiger partial charge in [-0.05, 0) is 103 Å². The van der Waals surface area contributed by atoms with Gasteiger partial charge in [0.05, 0.1) is 27.9 Å². The molecule has 4 aromatic carbocycles. The molecular formula is C32H24Cl3N3O4S. The van der Waals surface area contributed by atoms with Crippen molar-refractivity contribution in [2.24, 2.45) is 4.99 Å². The SMILES string of the molecule is CCOc1cc(/C=C2\SC(=Nc3ccc(Cl)cc3)N(c3ccc(Cl)cc3)C2=O)cc(Cl)c1OCC(=O)Nc1ccccc1. The maximum Gasteiger partial charge on any atom is 0.271 e. The first kappa shape index (κ1) is 30.5. The van der Waals surface area contributed by atoms with Crippen molar-refractivity contribution >= 4 is 86.7 Å². The zero-order chi connectivity index (χ0) is 30.3. The second-order valence-electron chi connectivity index (χ2n) is 9.06. The number of ether oxygens (including phenoxy) is 2. The van der Waals surface area contributed by atoms with Gasteiger partial charge in [-0.2, -0.15) is 0 Å². The summed E-state index contributed by atoms with van der Waals surface area (Å²) in [5, 5.41) is 4.58. The molecule has 1 N–H and O–H groups in total. The Morgan fingerprint density at radius 1 is 0.930 bits per heavy atom. The summed E-state index contributed by atoms with van der Waals surface area (Å²) in [6, 6.07) is 26.4. The molecule has 11 heteroatoms. The van der Waals surface area contributed by atoms with Crippen LogP contribution in [0.5, 0.6) is 11.5 Å². The van der Waals surface area contributed by atoms with Crippen molar-refractivity contribution in [3.05, 3.63) is 117 Å². The minimum atomic E-state index is -0.348. The zero-order valence-corrected chi connectivity index (χ0v) is 25.8. The fraction of sp³-hybridized carbons (Fsp3) is 0.0938. The Morgan fingerprint density at radius 3 is 2.28 bits per heavy atom. The fourth-order valence-corrected chi connectivity index (χ4v) is 5.60. The van der Waals surface area contributed by atoms with E-state index in [9.17, 15) is 9.59 Å². The number of amidine groups is 1. The molecule has 43 heavy (non-hydrogen) atoms. The van der Waals surface area contributed by atoms with Crippen LogP contribution in [0.2, 0.25) is 15.1 Å². The molecule has 1 aliphatic rings. The second-order valence-corrected chi connectivity index (χ2v) is 11.4. The van der Waals surface area contributed by atoms with E-state index < -0.39 is 0 Å². The van der Waals surface area contributed by atoms with Crippen molar-refractivity contribution in [2.75, 3.05) is 23.4 Å². The molecule has 0 radical (unpaired) electrons. The quantitative estimate of drug-likeness (QED) is 0.183. The molecule has 218 valence electrons. The Bertz CT molecular complexity index is 1700. The van der Waals surface area contributed by atoms with Gasteiger partial charge in [0.1, 0.15) is 0 Å². The van der Waals surface area contributed by atoms with Crippen LogP contribution in [-0.4, -0.2) is 30.2 Å². The number of hydrogen-bond acceptors (Lipinski definition) is 6. The van der Waals surface area contributed by atoms with E-state index in [1.54, 1.807) is 78.9 Å². The third kappa shape index (κ3) is 7.72. The summed E-state index contributed by atoms with van der Waals surface area (Å²) in [5.74, 6) is -0.0489. The molecule has 2 amide bonds. The van der Waals surface area contributed by atoms with Crippen LogP contribution in [0, 0.1) is 0 Å². The molecule has 5 rings (SSSR count). The Morgan fingerprint density at radius 2 is 1.60 bits per heavy atom. The molecule has 1 fully saturated rings. The normalized spacial score (nSPS) is 14.8. The number of amides is 2. The topological polar surface area (TPSA) is 80.2 Å². The lowest BCUT2D eigenvalue weighted by Crippen LogP contribution is -2.28. The standard InChI is InChI=1S/C32H24Cl3N3O4S/c1-2-41-27-17-20(16-26(35)30(27)42-19-29(39)36-23-6-4-3-5-7-23)18-28-31(40)38(25-14-10-22(34)11-15-25)32(43-28)37-24-12-8-21(33)9-13-24/h3-18H,2,19H2,1H3,(H,36,39)/b28-18-,37-32?. The predicted octanol–water partition coefficient (Wildman–Crippen LogP) is 8.87. The lowest BCUT2D eigenvalue weighted by molar-refractivity contribution is -0.118. The highest BCUT2D eigenvalue weighted by atomic mass is 35.5. The molecule has 0 aromatic heterocycles. The van der Waals surface area contributed by atoms with Crippen molar-refractivity contribution in [3.63, 3.8) is 0 Å². The molecule has 1 aliphatic heterocycles. The number of rotatable bonds is 9. The highest BCUT2D eigenvalue weighted by Gasteiger charge is 2.35. The molecule has 1 saturated heterocycles. The zero-order valence-electron chi connectivity index (χ0n) is 22.7. The lowest BCUT2D eigenvalue weighted by Gasteiger charge is -2.16. The smallest absolute Gasteiger partial charge is 0.271 e. The largest absolute Gasteiger partial charge is 0.490 e. The first-order valence-corrected chi connectivity index (χ1v) is 15.0. The van der Waals surface area contributed by atoms with Crippen LogP contribution >= 0.6 is 46.6 Å². The third-order valence-corrected chi connectivity index (χ3v) is 7.73. The molecule has 1 heterocycles. The summed E-state index contributed by atoms with van der Waals surface area (Å²) >= 11 is 20.0. The van der Waals surface area contributed by atoms with E-state index in [1.165, 1.54) is 16.7 Å². The minimum Gasteiger partial charge on any atom is -0.490 e. The average molecular weight is 653 g/mol. The number of aliphatic imine (C=N–C) groups is 1. The number of nitrogens with zero attached hydrogens (tertiary/aromatic N) is 2. The van der Waals surface area contributed by atoms with Crippen LogP contribution in [0.3, 0.4) is 0 Å². The molecule has 4 aromatic rings. The maximum atomic E-state index is 13.7. The van der Waals surface area contributed by atoms with E-state index in [0.29, 0.717) is 55.1 Å². The monoisotopic (exact) mass is 651 g/mol. The summed E-state index contributed by atoms with van der Waals surface area (Å²) in [5.41, 5.74) is 2.51. The van der Waals surface area contributed by atoms with Crippen molar-refractivity contribution in [1.29, 1.82) is 0 Å². The molecule has 0 aliphatic carbocycles. The Hall–Kier alpha value is -3.95. The van der Waals surface area contributed by atoms with Gasteiger partial charge in [0.2, 0.25) is 0 Å². The van der Waals surface area contributed by atoms with Gasteiger partial charge in [-0.3, -0.25) is 14.5 Å². The van der Waals surface area contributed by atoms with Gasteiger partial charge in [0.25, 0.3) is 11.8 Å². The molecule has 0 spiro atoms. The summed E-state index contributed by atoms with van der Waals surface area (Å²) in [6.45, 7) is 1.88. The second kappa shape index (κ2) is 14.0. The van der Waals surface area contributed by atoms with Crippen LogP contribution in [-0.2, 0) is 9.59 Å². The Labute approximate surface area is 268 Å². The number of carbonyl (C=O) groups is 2. The maximum absolute atomic E-state index is 13.7. The number of hydrogen-bond donors (Lipinski definition) is 1. The number of benzene rings is 4. The van der Waals surface area contributed by atoms with Gasteiger partial charge in [0.15, 0.2) is 23.3 Å². The van der Waals surface area contributed by atoms with Crippen LogP contribution in [0.25, 0.3) is 6.08 Å². The van der Waals surface area contributed by atoms with Crippen molar-refractivity contribution in [1.82, 2.24) is 0 Å². The number of anilines is 2. The number of halogens is 3. The molecule has 0 unspecified atom stereocenters. The molecular weight excluding hydrogens is 629 g/mol. The number of para-hydroxylation sites is 1. The summed E-state index contributed by atoms with van der Waals surface area (Å²) < 4.78 is 11.6. The Kier molecular flexibility index (Phi) is 9.94. The Balaban J connectivity index is 1.43. The van der Waals surface area contributed by atoms with Crippen LogP contribution in [0.1, 0.15) is 12.5 Å². The highest BCUT2D eigenvalue weighted by Crippen LogP contribution is 2.41. The fourth-order valence-electron chi connectivity index (χ4n) is 4.07.